The molecular weight excluding hydrogens is 128 g/mol. The molecule has 8 heavy (non-hydrogen) atoms. The predicted octanol–water partition coefficient (Wildman–Crippen LogP) is -0.671. The third-order valence-corrected chi connectivity index (χ3v) is 2.63. The van der Waals surface area contributed by atoms with Crippen molar-refractivity contribution in [1.29, 1.82) is 0 Å². The van der Waals surface area contributed by atoms with Gasteiger partial charge in [-0.25, -0.2) is 8.42 Å². The van der Waals surface area contributed by atoms with Gasteiger partial charge in [0.25, 0.3) is 0 Å². The van der Waals surface area contributed by atoms with Crippen molar-refractivity contribution >= 4 is 17.0 Å². The molecule has 0 bridgehead atoms. The van der Waals surface area contributed by atoms with E-state index in [-0.39, 0.29) is 0 Å². The van der Waals surface area contributed by atoms with E-state index in [2.05, 4.69) is 0 Å². The van der Waals surface area contributed by atoms with Gasteiger partial charge in [0.2, 0.25) is 0 Å². The summed E-state index contributed by atoms with van der Waals surface area (Å²) < 4.78 is 19.3. The Kier molecular flexibility index (Phi) is 1.11. The second-order valence-electron chi connectivity index (χ2n) is 1.98. The summed E-state index contributed by atoms with van der Waals surface area (Å²) in [6, 6.07) is 0. The van der Waals surface area contributed by atoms with Crippen LogP contribution in [-0.4, -0.2) is 19.5 Å². The Morgan fingerprint density at radius 1 is 1.38 bits per heavy atom. The maximum Gasteiger partial charge on any atom is 0.152 e. The standard InChI is InChI=1S/C4H6O3S/c5-3-4(1-2-4)8(6)7/h3,8H,1-2H2. The Bertz CT molecular complexity index is 170. The summed E-state index contributed by atoms with van der Waals surface area (Å²) in [7, 11) is -2.50. The van der Waals surface area contributed by atoms with Crippen LogP contribution in [0.3, 0.4) is 0 Å². The molecule has 0 saturated heterocycles. The lowest BCUT2D eigenvalue weighted by atomic mass is 10.5. The third kappa shape index (κ3) is 0.647. The van der Waals surface area contributed by atoms with Gasteiger partial charge in [-0.05, 0) is 12.8 Å². The number of hydrogen-bond acceptors (Lipinski definition) is 3. The van der Waals surface area contributed by atoms with Gasteiger partial charge < -0.3 is 4.79 Å². The van der Waals surface area contributed by atoms with Crippen LogP contribution in [0.15, 0.2) is 0 Å². The average molecular weight is 134 g/mol. The molecule has 0 unspecified atom stereocenters. The van der Waals surface area contributed by atoms with Crippen molar-refractivity contribution in [3.63, 3.8) is 0 Å². The number of aldehydes is 1. The van der Waals surface area contributed by atoms with Crippen LogP contribution < -0.4 is 0 Å². The highest BCUT2D eigenvalue weighted by atomic mass is 32.2. The first-order valence-corrected chi connectivity index (χ1v) is 3.50. The van der Waals surface area contributed by atoms with E-state index in [4.69, 9.17) is 0 Å². The van der Waals surface area contributed by atoms with E-state index in [1.165, 1.54) is 0 Å². The molecule has 0 atom stereocenters. The molecule has 0 N–H and O–H groups in total. The van der Waals surface area contributed by atoms with Gasteiger partial charge in [0.05, 0.1) is 0 Å². The Morgan fingerprint density at radius 3 is 1.88 bits per heavy atom. The SMILES string of the molecule is O=CC1([SH](=O)=O)CC1. The van der Waals surface area contributed by atoms with Crippen LogP contribution in [0.25, 0.3) is 0 Å². The van der Waals surface area contributed by atoms with Gasteiger partial charge in [0.1, 0.15) is 11.0 Å². The largest absolute Gasteiger partial charge is 0.302 e. The molecule has 0 radical (unpaired) electrons. The minimum atomic E-state index is -2.50. The van der Waals surface area contributed by atoms with E-state index in [0.29, 0.717) is 19.1 Å². The zero-order valence-corrected chi connectivity index (χ0v) is 5.06. The van der Waals surface area contributed by atoms with E-state index >= 15 is 0 Å². The molecule has 0 aromatic rings. The predicted molar refractivity (Wildman–Crippen MR) is 28.3 cm³/mol. The number of carbonyl (C=O) groups is 1. The smallest absolute Gasteiger partial charge is 0.152 e. The van der Waals surface area contributed by atoms with Crippen LogP contribution in [0.5, 0.6) is 0 Å². The third-order valence-electron chi connectivity index (χ3n) is 1.35. The summed E-state index contributed by atoms with van der Waals surface area (Å²) in [4.78, 5) is 9.95. The van der Waals surface area contributed by atoms with Crippen molar-refractivity contribution in [3.05, 3.63) is 0 Å². The van der Waals surface area contributed by atoms with E-state index in [0.717, 1.165) is 0 Å². The van der Waals surface area contributed by atoms with Crippen molar-refractivity contribution in [2.24, 2.45) is 0 Å². The Hall–Kier alpha value is -0.380. The second kappa shape index (κ2) is 1.55. The topological polar surface area (TPSA) is 51.2 Å². The van der Waals surface area contributed by atoms with Gasteiger partial charge in [-0.1, -0.05) is 0 Å². The highest BCUT2D eigenvalue weighted by molar-refractivity contribution is 7.75. The van der Waals surface area contributed by atoms with Crippen molar-refractivity contribution in [2.75, 3.05) is 0 Å². The summed E-state index contributed by atoms with van der Waals surface area (Å²) in [5.41, 5.74) is 0. The van der Waals surface area contributed by atoms with Crippen LogP contribution in [0, 0.1) is 0 Å². The first-order chi connectivity index (χ1) is 3.71. The molecule has 1 rings (SSSR count). The Balaban J connectivity index is 2.81. The Labute approximate surface area is 48.6 Å². The molecule has 3 nitrogen and oxygen atoms in total. The molecule has 4 heteroatoms. The van der Waals surface area contributed by atoms with E-state index in [1.54, 1.807) is 0 Å². The summed E-state index contributed by atoms with van der Waals surface area (Å²) in [6.07, 6.45) is 1.57. The molecular formula is C4H6O3S. The molecule has 1 fully saturated rings. The zero-order valence-electron chi connectivity index (χ0n) is 4.16. The van der Waals surface area contributed by atoms with Crippen molar-refractivity contribution < 1.29 is 13.2 Å². The van der Waals surface area contributed by atoms with Crippen molar-refractivity contribution in [1.82, 2.24) is 0 Å². The average Bonchev–Trinajstić information content (AvgIpc) is 2.44. The van der Waals surface area contributed by atoms with Gasteiger partial charge in [-0.15, -0.1) is 0 Å². The highest BCUT2D eigenvalue weighted by Crippen LogP contribution is 2.36. The lowest BCUT2D eigenvalue weighted by Crippen LogP contribution is -2.11. The molecule has 46 valence electrons. The molecule has 1 aliphatic carbocycles. The van der Waals surface area contributed by atoms with Crippen molar-refractivity contribution in [3.8, 4) is 0 Å². The molecule has 0 aliphatic heterocycles. The normalized spacial score (nSPS) is 23.1. The molecule has 0 aromatic heterocycles. The first kappa shape index (κ1) is 5.75. The van der Waals surface area contributed by atoms with Crippen molar-refractivity contribution in [2.45, 2.75) is 17.6 Å². The lowest BCUT2D eigenvalue weighted by molar-refractivity contribution is -0.108. The van der Waals surface area contributed by atoms with E-state index < -0.39 is 15.5 Å². The van der Waals surface area contributed by atoms with Gasteiger partial charge in [-0.3, -0.25) is 0 Å². The number of hydrogen-bond donors (Lipinski definition) is 1. The van der Waals surface area contributed by atoms with E-state index in [9.17, 15) is 13.2 Å². The molecule has 1 aliphatic rings. The zero-order chi connectivity index (χ0) is 6.20. The molecule has 0 aromatic carbocycles. The Morgan fingerprint density at radius 2 is 1.88 bits per heavy atom. The maximum atomic E-state index is 10.1. The molecule has 1 saturated carbocycles. The fraction of sp³-hybridized carbons (Fsp3) is 0.750. The summed E-state index contributed by atoms with van der Waals surface area (Å²) in [5.74, 6) is 0. The lowest BCUT2D eigenvalue weighted by Gasteiger charge is -1.87. The molecule has 0 heterocycles. The molecule has 0 spiro atoms. The van der Waals surface area contributed by atoms with Crippen LogP contribution in [0.2, 0.25) is 0 Å². The number of rotatable bonds is 2. The number of thiol groups is 1. The monoisotopic (exact) mass is 134 g/mol. The first-order valence-electron chi connectivity index (χ1n) is 2.32. The fourth-order valence-corrected chi connectivity index (χ4v) is 1.03. The quantitative estimate of drug-likeness (QED) is 0.402. The van der Waals surface area contributed by atoms with Crippen LogP contribution in [0.4, 0.5) is 0 Å². The number of carbonyl (C=O) groups excluding carboxylic acids is 1. The molecule has 0 amide bonds. The minimum Gasteiger partial charge on any atom is -0.302 e. The fourth-order valence-electron chi connectivity index (χ4n) is 0.472. The summed E-state index contributed by atoms with van der Waals surface area (Å²) in [6.45, 7) is 0. The van der Waals surface area contributed by atoms with Gasteiger partial charge in [0.15, 0.2) is 10.7 Å². The van der Waals surface area contributed by atoms with Gasteiger partial charge in [-0.2, -0.15) is 0 Å². The second-order valence-corrected chi connectivity index (χ2v) is 3.38. The van der Waals surface area contributed by atoms with Crippen LogP contribution >= 0.6 is 0 Å². The highest BCUT2D eigenvalue weighted by Gasteiger charge is 2.46. The maximum absolute atomic E-state index is 10.1. The van der Waals surface area contributed by atoms with Crippen LogP contribution in [0.1, 0.15) is 12.8 Å². The van der Waals surface area contributed by atoms with Crippen LogP contribution in [-0.2, 0) is 15.5 Å². The van der Waals surface area contributed by atoms with Gasteiger partial charge >= 0.3 is 0 Å². The summed E-state index contributed by atoms with van der Waals surface area (Å²) in [5, 5.41) is 0. The van der Waals surface area contributed by atoms with E-state index in [1.807, 2.05) is 0 Å². The minimum absolute atomic E-state index is 0.523. The summed E-state index contributed by atoms with van der Waals surface area (Å²) >= 11 is 0. The van der Waals surface area contributed by atoms with Gasteiger partial charge in [0, 0.05) is 0 Å².